The predicted molar refractivity (Wildman–Crippen MR) is 185 cm³/mol. The van der Waals surface area contributed by atoms with Gasteiger partial charge >= 0.3 is 6.16 Å². The van der Waals surface area contributed by atoms with Gasteiger partial charge in [-0.15, -0.1) is 5.06 Å². The highest BCUT2D eigenvalue weighted by atomic mass is 32.2. The van der Waals surface area contributed by atoms with Gasteiger partial charge in [-0.05, 0) is 76.3 Å². The summed E-state index contributed by atoms with van der Waals surface area (Å²) in [6.45, 7) is 6.14. The molecule has 1 unspecified atom stereocenters. The second-order valence-electron chi connectivity index (χ2n) is 12.5. The number of sulfonamides is 1. The number of benzene rings is 3. The lowest BCUT2D eigenvalue weighted by atomic mass is 9.85. The molecule has 2 fully saturated rings. The lowest BCUT2D eigenvalue weighted by Crippen LogP contribution is -2.53. The molecule has 0 bridgehead atoms. The van der Waals surface area contributed by atoms with Gasteiger partial charge in [-0.3, -0.25) is 9.69 Å². The summed E-state index contributed by atoms with van der Waals surface area (Å²) in [6, 6.07) is 17.0. The zero-order valence-electron chi connectivity index (χ0n) is 29.0. The Bertz CT molecular complexity index is 1940. The van der Waals surface area contributed by atoms with E-state index in [1.165, 1.54) is 61.7 Å². The molecule has 3 aliphatic heterocycles. The fourth-order valence-electron chi connectivity index (χ4n) is 6.98. The summed E-state index contributed by atoms with van der Waals surface area (Å²) in [6.07, 6.45) is 0.904. The standard InChI is InChI=1S/C36H41N5O9S/c1-5-48-31-9-7-6-8-28(31)36(49-35(43)50-40-20-18-39(19-21-40)26-14-16-38(2)17-15-26)29-22-25(24-37)10-12-30(29)41(34(36)42)51(44,45)33-13-11-27(46-3)23-32(33)47-4/h6-13,22-23,26H,5,14-21H2,1-4H3. The number of hydroxylamine groups is 2. The minimum absolute atomic E-state index is 0.0524. The third-order valence-electron chi connectivity index (χ3n) is 9.58. The number of para-hydroxylation sites is 1. The molecule has 0 spiro atoms. The molecule has 1 atom stereocenters. The van der Waals surface area contributed by atoms with Crippen LogP contribution >= 0.6 is 0 Å². The molecule has 3 heterocycles. The minimum atomic E-state index is -4.75. The molecule has 6 rings (SSSR count). The van der Waals surface area contributed by atoms with Crippen molar-refractivity contribution >= 4 is 27.8 Å². The van der Waals surface area contributed by atoms with Crippen LogP contribution in [0.1, 0.15) is 36.5 Å². The summed E-state index contributed by atoms with van der Waals surface area (Å²) >= 11 is 0. The van der Waals surface area contributed by atoms with Crippen LogP contribution in [0.2, 0.25) is 0 Å². The second kappa shape index (κ2) is 14.8. The molecule has 2 saturated heterocycles. The Morgan fingerprint density at radius 2 is 1.65 bits per heavy atom. The van der Waals surface area contributed by atoms with E-state index in [0.717, 1.165) is 25.9 Å². The summed E-state index contributed by atoms with van der Waals surface area (Å²) < 4.78 is 52.3. The van der Waals surface area contributed by atoms with Crippen LogP contribution in [0, 0.1) is 11.3 Å². The number of rotatable bonds is 10. The van der Waals surface area contributed by atoms with E-state index in [0.29, 0.717) is 42.3 Å². The lowest BCUT2D eigenvalue weighted by molar-refractivity contribution is -0.168. The molecule has 0 aromatic heterocycles. The van der Waals surface area contributed by atoms with E-state index in [-0.39, 0.29) is 45.4 Å². The number of fused-ring (bicyclic) bond motifs is 1. The Labute approximate surface area is 297 Å². The van der Waals surface area contributed by atoms with Crippen molar-refractivity contribution in [1.29, 1.82) is 5.26 Å². The molecule has 51 heavy (non-hydrogen) atoms. The summed E-state index contributed by atoms with van der Waals surface area (Å²) in [7, 11) is 0.0861. The fourth-order valence-corrected chi connectivity index (χ4v) is 8.58. The maximum absolute atomic E-state index is 15.0. The first-order valence-electron chi connectivity index (χ1n) is 16.7. The highest BCUT2D eigenvalue weighted by Gasteiger charge is 2.61. The number of hydrogen-bond acceptors (Lipinski definition) is 13. The molecule has 270 valence electrons. The minimum Gasteiger partial charge on any atom is -0.497 e. The number of likely N-dealkylation sites (tertiary alicyclic amines) is 1. The van der Waals surface area contributed by atoms with E-state index < -0.39 is 27.7 Å². The van der Waals surface area contributed by atoms with Gasteiger partial charge in [-0.1, -0.05) is 18.2 Å². The van der Waals surface area contributed by atoms with Gasteiger partial charge in [0.25, 0.3) is 21.5 Å². The largest absolute Gasteiger partial charge is 0.529 e. The van der Waals surface area contributed by atoms with Gasteiger partial charge in [-0.25, -0.2) is 13.2 Å². The summed E-state index contributed by atoms with van der Waals surface area (Å²) in [4.78, 5) is 39.0. The number of anilines is 1. The maximum Gasteiger partial charge on any atom is 0.529 e. The smallest absolute Gasteiger partial charge is 0.497 e. The molecule has 0 aliphatic carbocycles. The van der Waals surface area contributed by atoms with E-state index in [2.05, 4.69) is 16.8 Å². The number of nitrogens with zero attached hydrogens (tertiary/aromatic N) is 5. The average molecular weight is 720 g/mol. The van der Waals surface area contributed by atoms with Crippen molar-refractivity contribution in [2.24, 2.45) is 0 Å². The van der Waals surface area contributed by atoms with Gasteiger partial charge < -0.3 is 28.7 Å². The third kappa shape index (κ3) is 6.67. The quantitative estimate of drug-likeness (QED) is 0.280. The normalized spacial score (nSPS) is 20.4. The molecule has 15 heteroatoms. The van der Waals surface area contributed by atoms with Gasteiger partial charge in [0.1, 0.15) is 22.1 Å². The number of ether oxygens (including phenoxy) is 4. The van der Waals surface area contributed by atoms with Gasteiger partial charge in [0, 0.05) is 43.9 Å². The van der Waals surface area contributed by atoms with Gasteiger partial charge in [0.2, 0.25) is 0 Å². The number of nitriles is 1. The Hall–Kier alpha value is -4.88. The van der Waals surface area contributed by atoms with E-state index in [1.54, 1.807) is 25.1 Å². The van der Waals surface area contributed by atoms with Crippen LogP contribution in [0.25, 0.3) is 0 Å². The SMILES string of the molecule is CCOc1ccccc1C1(OC(=O)ON2CCN(C3CCN(C)CC3)CC2)C(=O)N(S(=O)(=O)c2ccc(OC)cc2OC)c2ccc(C#N)cc21. The molecule has 0 radical (unpaired) electrons. The number of hydrogen-bond donors (Lipinski definition) is 0. The fraction of sp³-hybridized carbons (Fsp3) is 0.417. The topological polar surface area (TPSA) is 151 Å². The molecule has 1 amide bonds. The molecule has 3 aliphatic rings. The van der Waals surface area contributed by atoms with Crippen LogP contribution in [0.15, 0.2) is 65.6 Å². The molecular formula is C36H41N5O9S. The number of methoxy groups -OCH3 is 2. The van der Waals surface area contributed by atoms with Crippen molar-refractivity contribution in [1.82, 2.24) is 14.9 Å². The Morgan fingerprint density at radius 3 is 2.31 bits per heavy atom. The van der Waals surface area contributed by atoms with E-state index in [1.807, 2.05) is 6.07 Å². The highest BCUT2D eigenvalue weighted by molar-refractivity contribution is 7.93. The van der Waals surface area contributed by atoms with E-state index in [9.17, 15) is 18.5 Å². The number of carbonyl (C=O) groups excluding carboxylic acids is 2. The van der Waals surface area contributed by atoms with E-state index >= 15 is 4.79 Å². The van der Waals surface area contributed by atoms with Crippen LogP contribution in [-0.2, 0) is 30.0 Å². The maximum atomic E-state index is 15.0. The molecular weight excluding hydrogens is 678 g/mol. The number of piperidine rings is 1. The van der Waals surface area contributed by atoms with Crippen molar-refractivity contribution in [3.8, 4) is 23.3 Å². The number of carbonyl (C=O) groups is 2. The molecule has 0 N–H and O–H groups in total. The van der Waals surface area contributed by atoms with Crippen LogP contribution in [-0.4, -0.2) is 109 Å². The molecule has 14 nitrogen and oxygen atoms in total. The predicted octanol–water partition coefficient (Wildman–Crippen LogP) is 3.73. The average Bonchev–Trinajstić information content (AvgIpc) is 3.39. The van der Waals surface area contributed by atoms with Crippen LogP contribution < -0.4 is 18.5 Å². The number of piperazine rings is 1. The van der Waals surface area contributed by atoms with Crippen molar-refractivity contribution < 1.29 is 41.8 Å². The molecule has 3 aromatic carbocycles. The Balaban J connectivity index is 1.40. The zero-order chi connectivity index (χ0) is 36.3. The van der Waals surface area contributed by atoms with Crippen molar-refractivity contribution in [3.63, 3.8) is 0 Å². The summed E-state index contributed by atoms with van der Waals surface area (Å²) in [5.74, 6) is -0.718. The van der Waals surface area contributed by atoms with Crippen molar-refractivity contribution in [3.05, 3.63) is 77.4 Å². The first-order chi connectivity index (χ1) is 24.6. The molecule has 3 aromatic rings. The first kappa shape index (κ1) is 35.9. The second-order valence-corrected chi connectivity index (χ2v) is 14.2. The lowest BCUT2D eigenvalue weighted by Gasteiger charge is -2.41. The van der Waals surface area contributed by atoms with Crippen molar-refractivity contribution in [2.45, 2.75) is 36.3 Å². The van der Waals surface area contributed by atoms with Gasteiger partial charge in [0.15, 0.2) is 0 Å². The van der Waals surface area contributed by atoms with Gasteiger partial charge in [0.05, 0.1) is 43.7 Å². The highest BCUT2D eigenvalue weighted by Crippen LogP contribution is 2.52. The monoisotopic (exact) mass is 719 g/mol. The van der Waals surface area contributed by atoms with Crippen LogP contribution in [0.3, 0.4) is 0 Å². The Kier molecular flexibility index (Phi) is 10.4. The third-order valence-corrected chi connectivity index (χ3v) is 11.3. The van der Waals surface area contributed by atoms with Crippen molar-refractivity contribution in [2.75, 3.05) is 71.4 Å². The summed E-state index contributed by atoms with van der Waals surface area (Å²) in [5.41, 5.74) is -2.46. The Morgan fingerprint density at radius 1 is 0.922 bits per heavy atom. The summed E-state index contributed by atoms with van der Waals surface area (Å²) in [5, 5.41) is 11.4. The number of amides is 1. The molecule has 0 saturated carbocycles. The first-order valence-corrected chi connectivity index (χ1v) is 18.2. The zero-order valence-corrected chi connectivity index (χ0v) is 29.8. The van der Waals surface area contributed by atoms with Crippen LogP contribution in [0.5, 0.6) is 17.2 Å². The van der Waals surface area contributed by atoms with Crippen LogP contribution in [0.4, 0.5) is 10.5 Å². The van der Waals surface area contributed by atoms with Gasteiger partial charge in [-0.2, -0.15) is 9.57 Å². The van der Waals surface area contributed by atoms with E-state index in [4.69, 9.17) is 23.8 Å².